The third-order valence-corrected chi connectivity index (χ3v) is 2.75. The number of anilines is 1. The zero-order valence-electron chi connectivity index (χ0n) is 9.41. The van der Waals surface area contributed by atoms with Crippen molar-refractivity contribution in [2.45, 2.75) is 6.42 Å². The first-order chi connectivity index (χ1) is 8.74. The highest BCUT2D eigenvalue weighted by Gasteiger charge is 2.06. The fraction of sp³-hybridized carbons (Fsp3) is 0.0909. The van der Waals surface area contributed by atoms with Crippen molar-refractivity contribution in [3.8, 4) is 0 Å². The highest BCUT2D eigenvalue weighted by Crippen LogP contribution is 2.10. The second kappa shape index (κ2) is 5.87. The molecule has 2 rings (SSSR count). The van der Waals surface area contributed by atoms with E-state index in [2.05, 4.69) is 20.7 Å². The third kappa shape index (κ3) is 3.63. The van der Waals surface area contributed by atoms with Crippen LogP contribution >= 0.6 is 11.3 Å². The molecule has 1 aromatic heterocycles. The Morgan fingerprint density at radius 1 is 1.39 bits per heavy atom. The number of amides is 1. The molecule has 6 nitrogen and oxygen atoms in total. The minimum Gasteiger partial charge on any atom is -0.374 e. The van der Waals surface area contributed by atoms with Crippen molar-refractivity contribution in [1.29, 1.82) is 0 Å². The number of carbonyl (C=O) groups excluding carboxylic acids is 1. The Balaban J connectivity index is 1.83. The predicted molar refractivity (Wildman–Crippen MR) is 70.2 cm³/mol. The summed E-state index contributed by atoms with van der Waals surface area (Å²) in [5.74, 6) is -0.252. The summed E-state index contributed by atoms with van der Waals surface area (Å²) in [6.07, 6.45) is 1.70. The van der Waals surface area contributed by atoms with E-state index in [0.717, 1.165) is 5.56 Å². The van der Waals surface area contributed by atoms with Gasteiger partial charge in [-0.1, -0.05) is 41.7 Å². The number of benzene rings is 1. The zero-order valence-corrected chi connectivity index (χ0v) is 10.2. The second-order valence-electron chi connectivity index (χ2n) is 3.41. The molecular weight excluding hydrogens is 250 g/mol. The zero-order chi connectivity index (χ0) is 12.8. The molecule has 1 aromatic carbocycles. The monoisotopic (exact) mass is 261 g/mol. The van der Waals surface area contributed by atoms with E-state index < -0.39 is 0 Å². The molecule has 0 unspecified atom stereocenters. The van der Waals surface area contributed by atoms with Crippen molar-refractivity contribution in [3.05, 3.63) is 40.9 Å². The summed E-state index contributed by atoms with van der Waals surface area (Å²) >= 11 is 1.19. The maximum absolute atomic E-state index is 11.5. The van der Waals surface area contributed by atoms with Gasteiger partial charge in [0.1, 0.15) is 5.01 Å². The number of aromatic nitrogens is 2. The number of hydrogen-bond acceptors (Lipinski definition) is 6. The molecule has 0 radical (unpaired) electrons. The molecule has 0 saturated carbocycles. The minimum atomic E-state index is -0.252. The van der Waals surface area contributed by atoms with Crippen LogP contribution in [-0.4, -0.2) is 22.3 Å². The van der Waals surface area contributed by atoms with Gasteiger partial charge in [0.15, 0.2) is 0 Å². The third-order valence-electron chi connectivity index (χ3n) is 2.00. The van der Waals surface area contributed by atoms with E-state index in [4.69, 9.17) is 5.73 Å². The molecule has 0 aliphatic heterocycles. The lowest BCUT2D eigenvalue weighted by Crippen LogP contribution is -2.19. The van der Waals surface area contributed by atoms with Gasteiger partial charge in [0.2, 0.25) is 11.0 Å². The molecule has 18 heavy (non-hydrogen) atoms. The van der Waals surface area contributed by atoms with Crippen molar-refractivity contribution < 1.29 is 4.79 Å². The summed E-state index contributed by atoms with van der Waals surface area (Å²) in [5.41, 5.74) is 8.75. The van der Waals surface area contributed by atoms with E-state index in [9.17, 15) is 4.79 Å². The normalized spacial score (nSPS) is 10.7. The van der Waals surface area contributed by atoms with Crippen LogP contribution in [0, 0.1) is 0 Å². The first kappa shape index (κ1) is 12.2. The molecule has 0 bridgehead atoms. The lowest BCUT2D eigenvalue weighted by atomic mass is 10.2. The van der Waals surface area contributed by atoms with Gasteiger partial charge in [0.25, 0.3) is 0 Å². The average molecular weight is 261 g/mol. The Morgan fingerprint density at radius 3 is 2.83 bits per heavy atom. The Kier molecular flexibility index (Phi) is 3.98. The lowest BCUT2D eigenvalue weighted by Gasteiger charge is -1.95. The van der Waals surface area contributed by atoms with Gasteiger partial charge >= 0.3 is 0 Å². The van der Waals surface area contributed by atoms with Gasteiger partial charge in [0, 0.05) is 0 Å². The van der Waals surface area contributed by atoms with E-state index >= 15 is 0 Å². The molecule has 2 aromatic rings. The van der Waals surface area contributed by atoms with Crippen LogP contribution < -0.4 is 11.2 Å². The van der Waals surface area contributed by atoms with E-state index in [1.807, 2.05) is 30.3 Å². The lowest BCUT2D eigenvalue weighted by molar-refractivity contribution is -0.120. The molecular formula is C11H11N5OS. The first-order valence-corrected chi connectivity index (χ1v) is 6.00. The summed E-state index contributed by atoms with van der Waals surface area (Å²) in [4.78, 5) is 11.5. The molecule has 0 aliphatic rings. The van der Waals surface area contributed by atoms with Crippen molar-refractivity contribution in [3.63, 3.8) is 0 Å². The van der Waals surface area contributed by atoms with Crippen molar-refractivity contribution in [2.24, 2.45) is 5.10 Å². The van der Waals surface area contributed by atoms with Crippen molar-refractivity contribution in [2.75, 3.05) is 5.73 Å². The van der Waals surface area contributed by atoms with Crippen molar-refractivity contribution >= 4 is 28.6 Å². The maximum atomic E-state index is 11.5. The predicted octanol–water partition coefficient (Wildman–Crippen LogP) is 0.813. The Labute approximate surface area is 108 Å². The van der Waals surface area contributed by atoms with E-state index in [1.165, 1.54) is 11.3 Å². The fourth-order valence-electron chi connectivity index (χ4n) is 1.23. The Morgan fingerprint density at radius 2 is 2.17 bits per heavy atom. The summed E-state index contributed by atoms with van der Waals surface area (Å²) in [7, 11) is 0. The minimum absolute atomic E-state index is 0.126. The summed E-state index contributed by atoms with van der Waals surface area (Å²) < 4.78 is 0. The quantitative estimate of drug-likeness (QED) is 0.629. The molecule has 0 saturated heterocycles. The summed E-state index contributed by atoms with van der Waals surface area (Å²) in [6, 6.07) is 9.48. The van der Waals surface area contributed by atoms with Crippen LogP contribution in [0.25, 0.3) is 0 Å². The molecule has 92 valence electrons. The van der Waals surface area contributed by atoms with Crippen LogP contribution in [0.15, 0.2) is 35.4 Å². The molecule has 0 aliphatic carbocycles. The van der Waals surface area contributed by atoms with E-state index in [1.54, 1.807) is 6.21 Å². The van der Waals surface area contributed by atoms with Crippen molar-refractivity contribution in [1.82, 2.24) is 15.6 Å². The van der Waals surface area contributed by atoms with Crippen LogP contribution in [0.3, 0.4) is 0 Å². The molecule has 1 heterocycles. The molecule has 1 amide bonds. The van der Waals surface area contributed by atoms with E-state index in [-0.39, 0.29) is 12.3 Å². The van der Waals surface area contributed by atoms with E-state index in [0.29, 0.717) is 10.1 Å². The van der Waals surface area contributed by atoms with Crippen LogP contribution in [0.1, 0.15) is 10.6 Å². The standard InChI is InChI=1S/C11H11N5OS/c12-11-16-15-10(18-11)6-9(17)14-13-7-8-4-2-1-3-5-8/h1-5,7H,6H2,(H2,12,16)(H,14,17)/b13-7+. The number of rotatable bonds is 4. The SMILES string of the molecule is Nc1nnc(CC(=O)N/N=C/c2ccccc2)s1. The first-order valence-electron chi connectivity index (χ1n) is 5.19. The number of nitrogens with two attached hydrogens (primary N) is 1. The van der Waals surface area contributed by atoms with Gasteiger partial charge in [0.05, 0.1) is 12.6 Å². The number of nitrogen functional groups attached to an aromatic ring is 1. The summed E-state index contributed by atoms with van der Waals surface area (Å²) in [6.45, 7) is 0. The number of hydrazone groups is 1. The largest absolute Gasteiger partial charge is 0.374 e. The van der Waals surface area contributed by atoms with Crippen LogP contribution in [0.4, 0.5) is 5.13 Å². The van der Waals surface area contributed by atoms with Crippen LogP contribution in [-0.2, 0) is 11.2 Å². The van der Waals surface area contributed by atoms with Crippen LogP contribution in [0.5, 0.6) is 0 Å². The van der Waals surface area contributed by atoms with Gasteiger partial charge in [-0.15, -0.1) is 10.2 Å². The maximum Gasteiger partial charge on any atom is 0.247 e. The Hall–Kier alpha value is -2.28. The second-order valence-corrected chi connectivity index (χ2v) is 4.51. The van der Waals surface area contributed by atoms with Gasteiger partial charge in [-0.05, 0) is 5.56 Å². The fourth-order valence-corrected chi connectivity index (χ4v) is 1.84. The molecule has 0 spiro atoms. The smallest absolute Gasteiger partial charge is 0.247 e. The number of hydrogen-bond donors (Lipinski definition) is 2. The highest BCUT2D eigenvalue weighted by molar-refractivity contribution is 7.15. The highest BCUT2D eigenvalue weighted by atomic mass is 32.1. The molecule has 0 atom stereocenters. The molecule has 3 N–H and O–H groups in total. The number of nitrogens with one attached hydrogen (secondary N) is 1. The number of carbonyl (C=O) groups is 1. The average Bonchev–Trinajstić information content (AvgIpc) is 2.76. The number of nitrogens with zero attached hydrogens (tertiary/aromatic N) is 3. The molecule has 0 fully saturated rings. The van der Waals surface area contributed by atoms with Gasteiger partial charge in [-0.2, -0.15) is 5.10 Å². The molecule has 7 heteroatoms. The Bertz CT molecular complexity index is 552. The van der Waals surface area contributed by atoms with Gasteiger partial charge < -0.3 is 5.73 Å². The van der Waals surface area contributed by atoms with Gasteiger partial charge in [-0.25, -0.2) is 5.43 Å². The topological polar surface area (TPSA) is 93.3 Å². The summed E-state index contributed by atoms with van der Waals surface area (Å²) in [5, 5.41) is 12.1. The van der Waals surface area contributed by atoms with Crippen LogP contribution in [0.2, 0.25) is 0 Å². The van der Waals surface area contributed by atoms with Gasteiger partial charge in [-0.3, -0.25) is 4.79 Å².